The number of aromatic nitrogens is 3. The van der Waals surface area contributed by atoms with Crippen molar-refractivity contribution in [3.05, 3.63) is 55.8 Å². The standard InChI is InChI=1S/C23H26ClN5O4/c24-18-2-1-16(29-22(33)28(11-19(25)30)20(31)10-27-29)6-17(18)21(32)26-12-23-7-13-3-14(8-23)5-15(4-13)9-23/h1-2,6,10,13-15H,3-5,7-9,11-12H2,(H2,25,30)(H,26,32). The van der Waals surface area contributed by atoms with Crippen molar-refractivity contribution in [1.82, 2.24) is 19.7 Å². The van der Waals surface area contributed by atoms with Gasteiger partial charge >= 0.3 is 5.69 Å². The number of primary amides is 1. The van der Waals surface area contributed by atoms with Crippen LogP contribution < -0.4 is 22.3 Å². The molecule has 0 spiro atoms. The van der Waals surface area contributed by atoms with Gasteiger partial charge in [0.25, 0.3) is 11.5 Å². The maximum atomic E-state index is 13.1. The van der Waals surface area contributed by atoms with Crippen LogP contribution in [-0.2, 0) is 11.3 Å². The Labute approximate surface area is 194 Å². The van der Waals surface area contributed by atoms with Crippen molar-refractivity contribution in [3.63, 3.8) is 0 Å². The topological polar surface area (TPSA) is 129 Å². The average Bonchev–Trinajstić information content (AvgIpc) is 2.75. The third-order valence-electron chi connectivity index (χ3n) is 7.50. The van der Waals surface area contributed by atoms with Gasteiger partial charge in [0, 0.05) is 6.54 Å². The van der Waals surface area contributed by atoms with E-state index in [-0.39, 0.29) is 27.6 Å². The van der Waals surface area contributed by atoms with Crippen LogP contribution in [0.2, 0.25) is 5.02 Å². The largest absolute Gasteiger partial charge is 0.368 e. The van der Waals surface area contributed by atoms with Gasteiger partial charge < -0.3 is 11.1 Å². The molecule has 10 heteroatoms. The first-order chi connectivity index (χ1) is 15.7. The first kappa shape index (κ1) is 21.9. The van der Waals surface area contributed by atoms with E-state index < -0.39 is 23.7 Å². The van der Waals surface area contributed by atoms with Crippen molar-refractivity contribution in [3.8, 4) is 5.69 Å². The maximum Gasteiger partial charge on any atom is 0.352 e. The molecule has 9 nitrogen and oxygen atoms in total. The number of nitrogens with one attached hydrogen (secondary N) is 1. The van der Waals surface area contributed by atoms with Gasteiger partial charge in [-0.3, -0.25) is 14.4 Å². The molecule has 0 atom stereocenters. The minimum Gasteiger partial charge on any atom is -0.368 e. The van der Waals surface area contributed by atoms with E-state index in [1.165, 1.54) is 56.7 Å². The van der Waals surface area contributed by atoms with E-state index in [9.17, 15) is 19.2 Å². The van der Waals surface area contributed by atoms with Gasteiger partial charge in [0.15, 0.2) is 0 Å². The molecule has 4 bridgehead atoms. The summed E-state index contributed by atoms with van der Waals surface area (Å²) < 4.78 is 1.63. The lowest BCUT2D eigenvalue weighted by Gasteiger charge is -2.56. The molecule has 0 unspecified atom stereocenters. The fourth-order valence-electron chi connectivity index (χ4n) is 6.60. The summed E-state index contributed by atoms with van der Waals surface area (Å²) in [7, 11) is 0. The highest BCUT2D eigenvalue weighted by atomic mass is 35.5. The second-order valence-electron chi connectivity index (χ2n) is 9.99. The smallest absolute Gasteiger partial charge is 0.352 e. The van der Waals surface area contributed by atoms with Crippen LogP contribution in [0.5, 0.6) is 0 Å². The van der Waals surface area contributed by atoms with Crippen LogP contribution in [0.15, 0.2) is 34.0 Å². The summed E-state index contributed by atoms with van der Waals surface area (Å²) in [5.41, 5.74) is 4.22. The van der Waals surface area contributed by atoms with E-state index in [0.29, 0.717) is 11.1 Å². The number of benzene rings is 1. The molecule has 1 aromatic heterocycles. The lowest BCUT2D eigenvalue weighted by molar-refractivity contribution is -0.118. The van der Waals surface area contributed by atoms with Crippen LogP contribution in [0, 0.1) is 23.2 Å². The Kier molecular flexibility index (Phi) is 5.39. The summed E-state index contributed by atoms with van der Waals surface area (Å²) in [4.78, 5) is 48.9. The van der Waals surface area contributed by atoms with Crippen LogP contribution in [0.4, 0.5) is 0 Å². The lowest BCUT2D eigenvalue weighted by atomic mass is 9.49. The normalized spacial score (nSPS) is 27.5. The fraction of sp³-hybridized carbons (Fsp3) is 0.522. The number of carbonyl (C=O) groups is 2. The second-order valence-corrected chi connectivity index (χ2v) is 10.4. The lowest BCUT2D eigenvalue weighted by Crippen LogP contribution is -2.51. The highest BCUT2D eigenvalue weighted by Crippen LogP contribution is 2.59. The molecule has 0 saturated heterocycles. The van der Waals surface area contributed by atoms with Crippen LogP contribution >= 0.6 is 11.6 Å². The van der Waals surface area contributed by atoms with E-state index in [1.807, 2.05) is 0 Å². The van der Waals surface area contributed by atoms with Crippen LogP contribution in [0.3, 0.4) is 0 Å². The van der Waals surface area contributed by atoms with E-state index in [4.69, 9.17) is 17.3 Å². The molecule has 4 saturated carbocycles. The third-order valence-corrected chi connectivity index (χ3v) is 7.83. The van der Waals surface area contributed by atoms with E-state index in [0.717, 1.165) is 28.6 Å². The number of hydrogen-bond donors (Lipinski definition) is 2. The first-order valence-corrected chi connectivity index (χ1v) is 11.7. The number of carbonyl (C=O) groups excluding carboxylic acids is 2. The summed E-state index contributed by atoms with van der Waals surface area (Å²) in [5.74, 6) is 1.22. The van der Waals surface area contributed by atoms with Crippen molar-refractivity contribution >= 4 is 23.4 Å². The Bertz CT molecular complexity index is 1210. The van der Waals surface area contributed by atoms with Gasteiger partial charge in [-0.2, -0.15) is 9.78 Å². The van der Waals surface area contributed by atoms with Gasteiger partial charge in [0.05, 0.1) is 16.3 Å². The van der Waals surface area contributed by atoms with Crippen LogP contribution in [0.25, 0.3) is 5.69 Å². The molecule has 4 aliphatic rings. The second kappa shape index (κ2) is 8.13. The quantitative estimate of drug-likeness (QED) is 0.659. The predicted octanol–water partition coefficient (Wildman–Crippen LogP) is 1.48. The Morgan fingerprint density at radius 3 is 2.36 bits per heavy atom. The van der Waals surface area contributed by atoms with Crippen molar-refractivity contribution in [1.29, 1.82) is 0 Å². The fourth-order valence-corrected chi connectivity index (χ4v) is 6.81. The Morgan fingerprint density at radius 1 is 1.12 bits per heavy atom. The summed E-state index contributed by atoms with van der Waals surface area (Å²) >= 11 is 6.31. The number of halogens is 1. The summed E-state index contributed by atoms with van der Waals surface area (Å²) in [5, 5.41) is 7.20. The first-order valence-electron chi connectivity index (χ1n) is 11.3. The molecule has 1 aromatic carbocycles. The van der Waals surface area contributed by atoms with Crippen molar-refractivity contribution in [2.75, 3.05) is 6.54 Å². The van der Waals surface area contributed by atoms with Gasteiger partial charge in [0.1, 0.15) is 12.7 Å². The molecule has 2 aromatic rings. The molecule has 4 fully saturated rings. The average molecular weight is 472 g/mol. The van der Waals surface area contributed by atoms with E-state index in [1.54, 1.807) is 0 Å². The highest BCUT2D eigenvalue weighted by molar-refractivity contribution is 6.33. The van der Waals surface area contributed by atoms with Gasteiger partial charge in [-0.25, -0.2) is 9.36 Å². The zero-order valence-corrected chi connectivity index (χ0v) is 18.9. The van der Waals surface area contributed by atoms with E-state index in [2.05, 4.69) is 10.4 Å². The number of hydrogen-bond acceptors (Lipinski definition) is 5. The SMILES string of the molecule is NC(=O)Cn1c(=O)cnn(-c2ccc(Cl)c(C(=O)NCC34CC5CC(CC(C5)C3)C4)c2)c1=O. The van der Waals surface area contributed by atoms with Gasteiger partial charge in [-0.05, 0) is 79.9 Å². The Balaban J connectivity index is 1.38. The monoisotopic (exact) mass is 471 g/mol. The molecule has 174 valence electrons. The molecule has 4 aliphatic carbocycles. The molecular formula is C23H26ClN5O4. The van der Waals surface area contributed by atoms with Crippen molar-refractivity contribution < 1.29 is 9.59 Å². The number of rotatable bonds is 6. The number of nitrogens with two attached hydrogens (primary N) is 1. The van der Waals surface area contributed by atoms with Crippen LogP contribution in [-0.4, -0.2) is 32.7 Å². The Morgan fingerprint density at radius 2 is 1.76 bits per heavy atom. The van der Waals surface area contributed by atoms with Crippen LogP contribution in [0.1, 0.15) is 48.9 Å². The summed E-state index contributed by atoms with van der Waals surface area (Å²) in [6.45, 7) is 0.0593. The zero-order valence-electron chi connectivity index (χ0n) is 18.1. The molecule has 2 amide bonds. The molecule has 6 rings (SSSR count). The van der Waals surface area contributed by atoms with Crippen molar-refractivity contribution in [2.24, 2.45) is 28.9 Å². The molecule has 1 heterocycles. The van der Waals surface area contributed by atoms with Gasteiger partial charge in [0.2, 0.25) is 5.91 Å². The number of amides is 2. The molecule has 0 aliphatic heterocycles. The minimum absolute atomic E-state index is 0.178. The van der Waals surface area contributed by atoms with Crippen molar-refractivity contribution in [2.45, 2.75) is 45.1 Å². The van der Waals surface area contributed by atoms with E-state index >= 15 is 0 Å². The Hall–Kier alpha value is -2.94. The molecule has 0 radical (unpaired) electrons. The predicted molar refractivity (Wildman–Crippen MR) is 121 cm³/mol. The number of nitrogens with zero attached hydrogens (tertiary/aromatic N) is 3. The zero-order chi connectivity index (χ0) is 23.3. The molecule has 33 heavy (non-hydrogen) atoms. The molecule has 3 N–H and O–H groups in total. The maximum absolute atomic E-state index is 13.1. The summed E-state index contributed by atoms with van der Waals surface area (Å²) in [6.07, 6.45) is 8.45. The summed E-state index contributed by atoms with van der Waals surface area (Å²) in [6, 6.07) is 4.49. The van der Waals surface area contributed by atoms with Gasteiger partial charge in [-0.1, -0.05) is 11.6 Å². The minimum atomic E-state index is -0.830. The van der Waals surface area contributed by atoms with Gasteiger partial charge in [-0.15, -0.1) is 0 Å². The molecular weight excluding hydrogens is 446 g/mol. The highest BCUT2D eigenvalue weighted by Gasteiger charge is 2.50. The third kappa shape index (κ3) is 4.10.